The third-order valence-corrected chi connectivity index (χ3v) is 0.988. The van der Waals surface area contributed by atoms with Crippen LogP contribution in [0.5, 0.6) is 0 Å². The lowest BCUT2D eigenvalue weighted by molar-refractivity contribution is -0.174. The Morgan fingerprint density at radius 3 is 1.80 bits per heavy atom. The molecule has 0 saturated carbocycles. The smallest absolute Gasteiger partial charge is 0.170 e. The van der Waals surface area contributed by atoms with Gasteiger partial charge in [-0.2, -0.15) is 13.2 Å². The van der Waals surface area contributed by atoms with Gasteiger partial charge < -0.3 is 0 Å². The molecule has 0 atom stereocenters. The molecule has 0 fully saturated rings. The first kappa shape index (κ1) is 9.10. The molecule has 3 nitrogen and oxygen atoms in total. The van der Waals surface area contributed by atoms with Crippen LogP contribution in [0.3, 0.4) is 0 Å². The first-order chi connectivity index (χ1) is 4.31. The van der Waals surface area contributed by atoms with Gasteiger partial charge in [0.15, 0.2) is 0 Å². The summed E-state index contributed by atoms with van der Waals surface area (Å²) in [4.78, 5) is 2.08. The van der Waals surface area contributed by atoms with Gasteiger partial charge in [0.25, 0.3) is 0 Å². The number of nitrogens with zero attached hydrogens (tertiary/aromatic N) is 3. The normalized spacial score (nSPS) is 12.5. The molecule has 0 heterocycles. The molecule has 10 heavy (non-hydrogen) atoms. The Morgan fingerprint density at radius 1 is 1.30 bits per heavy atom. The number of hydrogen-bond acceptors (Lipinski definition) is 1. The van der Waals surface area contributed by atoms with Crippen LogP contribution in [0, 0.1) is 0 Å². The van der Waals surface area contributed by atoms with Gasteiger partial charge in [-0.05, 0) is 19.4 Å². The number of alkyl halides is 3. The maximum Gasteiger partial charge on any atom is 0.399 e. The second-order valence-corrected chi connectivity index (χ2v) is 2.25. The molecule has 0 aliphatic rings. The molecule has 0 bridgehead atoms. The zero-order valence-corrected chi connectivity index (χ0v) is 5.48. The summed E-state index contributed by atoms with van der Waals surface area (Å²) in [7, 11) is 0. The van der Waals surface area contributed by atoms with E-state index in [0.29, 0.717) is 0 Å². The van der Waals surface area contributed by atoms with Crippen molar-refractivity contribution in [2.24, 2.45) is 5.11 Å². The van der Waals surface area contributed by atoms with Crippen molar-refractivity contribution in [1.29, 1.82) is 0 Å². The van der Waals surface area contributed by atoms with Gasteiger partial charge in [0.05, 0.1) is 0 Å². The van der Waals surface area contributed by atoms with Crippen molar-refractivity contribution in [1.82, 2.24) is 0 Å². The van der Waals surface area contributed by atoms with Crippen molar-refractivity contribution in [3.05, 3.63) is 10.4 Å². The Kier molecular flexibility index (Phi) is 2.17. The number of halogens is 3. The van der Waals surface area contributed by atoms with E-state index in [0.717, 1.165) is 13.8 Å². The van der Waals surface area contributed by atoms with E-state index in [4.69, 9.17) is 5.53 Å². The van der Waals surface area contributed by atoms with E-state index < -0.39 is 11.7 Å². The predicted octanol–water partition coefficient (Wildman–Crippen LogP) is 2.64. The Bertz CT molecular complexity index is 165. The highest BCUT2D eigenvalue weighted by Crippen LogP contribution is 2.32. The van der Waals surface area contributed by atoms with Crippen LogP contribution in [0.2, 0.25) is 0 Å². The van der Waals surface area contributed by atoms with Gasteiger partial charge in [0, 0.05) is 4.91 Å². The minimum Gasteiger partial charge on any atom is -0.170 e. The highest BCUT2D eigenvalue weighted by Gasteiger charge is 2.46. The van der Waals surface area contributed by atoms with Crippen LogP contribution in [-0.2, 0) is 0 Å². The highest BCUT2D eigenvalue weighted by atomic mass is 19.4. The van der Waals surface area contributed by atoms with Crippen molar-refractivity contribution in [2.45, 2.75) is 25.6 Å². The summed E-state index contributed by atoms with van der Waals surface area (Å²) in [5, 5.41) is 2.58. The molecular weight excluding hydrogens is 147 g/mol. The minimum atomic E-state index is -4.47. The summed E-state index contributed by atoms with van der Waals surface area (Å²) in [6.07, 6.45) is -4.47. The average molecular weight is 153 g/mol. The predicted molar refractivity (Wildman–Crippen MR) is 29.3 cm³/mol. The molecule has 0 aromatic carbocycles. The molecular formula is C4H6F3N3. The molecule has 0 N–H and O–H groups in total. The Hall–Kier alpha value is -0.900. The fourth-order valence-electron chi connectivity index (χ4n) is 0.168. The summed E-state index contributed by atoms with van der Waals surface area (Å²) < 4.78 is 35.3. The second kappa shape index (κ2) is 2.38. The third-order valence-electron chi connectivity index (χ3n) is 0.988. The molecule has 0 radical (unpaired) electrons. The summed E-state index contributed by atoms with van der Waals surface area (Å²) in [5.74, 6) is 0. The minimum absolute atomic E-state index is 0.812. The zero-order valence-electron chi connectivity index (χ0n) is 5.48. The first-order valence-corrected chi connectivity index (χ1v) is 2.44. The maximum absolute atomic E-state index is 11.8. The Labute approximate surface area is 55.5 Å². The number of rotatable bonds is 1. The van der Waals surface area contributed by atoms with Crippen LogP contribution in [0.15, 0.2) is 5.11 Å². The third kappa shape index (κ3) is 1.80. The van der Waals surface area contributed by atoms with Gasteiger partial charge in [-0.1, -0.05) is 5.11 Å². The topological polar surface area (TPSA) is 48.8 Å². The van der Waals surface area contributed by atoms with Gasteiger partial charge in [0.1, 0.15) is 5.54 Å². The molecule has 6 heteroatoms. The molecule has 0 unspecified atom stereocenters. The molecule has 0 aromatic heterocycles. The standard InChI is InChI=1S/C4H6F3N3/c1-3(2,9-10-8)4(5,6)7/h1-2H3. The zero-order chi connectivity index (χ0) is 8.41. The highest BCUT2D eigenvalue weighted by molar-refractivity contribution is 4.85. The summed E-state index contributed by atoms with van der Waals surface area (Å²) >= 11 is 0. The van der Waals surface area contributed by atoms with E-state index in [1.54, 1.807) is 0 Å². The lowest BCUT2D eigenvalue weighted by atomic mass is 10.1. The summed E-state index contributed by atoms with van der Waals surface area (Å²) in [6, 6.07) is 0. The largest absolute Gasteiger partial charge is 0.399 e. The van der Waals surface area contributed by atoms with Crippen molar-refractivity contribution in [2.75, 3.05) is 0 Å². The number of azide groups is 1. The van der Waals surface area contributed by atoms with E-state index in [1.807, 2.05) is 0 Å². The second-order valence-electron chi connectivity index (χ2n) is 2.25. The van der Waals surface area contributed by atoms with Crippen molar-refractivity contribution in [3.8, 4) is 0 Å². The fraction of sp³-hybridized carbons (Fsp3) is 1.00. The van der Waals surface area contributed by atoms with Gasteiger partial charge in [0.2, 0.25) is 0 Å². The molecule has 0 amide bonds. The molecule has 0 aliphatic carbocycles. The monoisotopic (exact) mass is 153 g/mol. The van der Waals surface area contributed by atoms with E-state index in [-0.39, 0.29) is 0 Å². The summed E-state index contributed by atoms with van der Waals surface area (Å²) in [5.41, 5.74) is 5.42. The molecule has 0 rings (SSSR count). The van der Waals surface area contributed by atoms with Gasteiger partial charge >= 0.3 is 6.18 Å². The molecule has 58 valence electrons. The first-order valence-electron chi connectivity index (χ1n) is 2.44. The molecule has 0 aliphatic heterocycles. The average Bonchev–Trinajstić information content (AvgIpc) is 1.61. The van der Waals surface area contributed by atoms with Gasteiger partial charge in [-0.15, -0.1) is 0 Å². The molecule has 0 spiro atoms. The van der Waals surface area contributed by atoms with Gasteiger partial charge in [-0.25, -0.2) is 0 Å². The molecule has 0 saturated heterocycles. The van der Waals surface area contributed by atoms with E-state index in [1.165, 1.54) is 0 Å². The fourth-order valence-corrected chi connectivity index (χ4v) is 0.168. The summed E-state index contributed by atoms with van der Waals surface area (Å²) in [6.45, 7) is 1.62. The van der Waals surface area contributed by atoms with E-state index >= 15 is 0 Å². The van der Waals surface area contributed by atoms with Crippen molar-refractivity contribution >= 4 is 0 Å². The van der Waals surface area contributed by atoms with Crippen LogP contribution in [0.4, 0.5) is 13.2 Å². The van der Waals surface area contributed by atoms with Crippen molar-refractivity contribution < 1.29 is 13.2 Å². The maximum atomic E-state index is 11.8. The Morgan fingerprint density at radius 2 is 1.70 bits per heavy atom. The quantitative estimate of drug-likeness (QED) is 0.316. The lowest BCUT2D eigenvalue weighted by Crippen LogP contribution is -2.36. The van der Waals surface area contributed by atoms with E-state index in [9.17, 15) is 13.2 Å². The molecule has 0 aromatic rings. The van der Waals surface area contributed by atoms with E-state index in [2.05, 4.69) is 10.0 Å². The Balaban J connectivity index is 4.56. The lowest BCUT2D eigenvalue weighted by Gasteiger charge is -2.20. The van der Waals surface area contributed by atoms with Crippen molar-refractivity contribution in [3.63, 3.8) is 0 Å². The van der Waals surface area contributed by atoms with Crippen LogP contribution >= 0.6 is 0 Å². The van der Waals surface area contributed by atoms with Gasteiger partial charge in [-0.3, -0.25) is 0 Å². The van der Waals surface area contributed by atoms with Crippen LogP contribution in [-0.4, -0.2) is 11.7 Å². The number of hydrogen-bond donors (Lipinski definition) is 0. The van der Waals surface area contributed by atoms with Crippen LogP contribution in [0.25, 0.3) is 10.4 Å². The van der Waals surface area contributed by atoms with Crippen LogP contribution in [0.1, 0.15) is 13.8 Å². The van der Waals surface area contributed by atoms with Crippen LogP contribution < -0.4 is 0 Å². The SMILES string of the molecule is CC(C)(N=[N+]=[N-])C(F)(F)F.